The number of halogens is 2. The summed E-state index contributed by atoms with van der Waals surface area (Å²) in [4.78, 5) is 28.1. The number of rotatable bonds is 8. The number of amidine groups is 1. The lowest BCUT2D eigenvalue weighted by molar-refractivity contribution is -0.134. The maximum atomic E-state index is 15.2. The Kier molecular flexibility index (Phi) is 8.94. The average Bonchev–Trinajstić information content (AvgIpc) is 3.28. The van der Waals surface area contributed by atoms with Crippen molar-refractivity contribution in [1.82, 2.24) is 19.7 Å². The van der Waals surface area contributed by atoms with Crippen molar-refractivity contribution >= 4 is 17.5 Å². The molecule has 1 unspecified atom stereocenters. The van der Waals surface area contributed by atoms with Crippen molar-refractivity contribution in [2.75, 3.05) is 19.5 Å². The van der Waals surface area contributed by atoms with E-state index in [1.54, 1.807) is 24.3 Å². The first-order valence-electron chi connectivity index (χ1n) is 11.2. The molecule has 0 saturated heterocycles. The van der Waals surface area contributed by atoms with Crippen LogP contribution in [-0.4, -0.2) is 50.9 Å². The van der Waals surface area contributed by atoms with Crippen molar-refractivity contribution in [3.63, 3.8) is 0 Å². The predicted molar refractivity (Wildman–Crippen MR) is 138 cm³/mol. The monoisotopic (exact) mass is 541 g/mol. The van der Waals surface area contributed by atoms with Crippen LogP contribution in [0.25, 0.3) is 5.82 Å². The van der Waals surface area contributed by atoms with Crippen molar-refractivity contribution in [2.24, 2.45) is 5.73 Å². The molecule has 1 atom stereocenters. The Morgan fingerprint density at radius 1 is 1.13 bits per heavy atom. The lowest BCUT2D eigenvalue weighted by Crippen LogP contribution is -2.18. The second-order valence-electron chi connectivity index (χ2n) is 7.85. The topological polar surface area (TPSA) is 181 Å². The van der Waals surface area contributed by atoms with Crippen molar-refractivity contribution in [2.45, 2.75) is 13.0 Å². The molecule has 0 aliphatic heterocycles. The molecule has 39 heavy (non-hydrogen) atoms. The van der Waals surface area contributed by atoms with Gasteiger partial charge in [0.2, 0.25) is 0 Å². The van der Waals surface area contributed by atoms with Gasteiger partial charge in [0, 0.05) is 36.0 Å². The quantitative estimate of drug-likeness (QED) is 0.165. The van der Waals surface area contributed by atoms with E-state index >= 15 is 4.39 Å². The number of aliphatic carboxylic acids is 1. The fourth-order valence-corrected chi connectivity index (χ4v) is 3.44. The van der Waals surface area contributed by atoms with Gasteiger partial charge in [-0.3, -0.25) is 15.2 Å². The number of hydrogen-bond acceptors (Lipinski definition) is 8. The first kappa shape index (κ1) is 28.3. The van der Waals surface area contributed by atoms with E-state index in [9.17, 15) is 9.18 Å². The van der Waals surface area contributed by atoms with Crippen molar-refractivity contribution in [3.05, 3.63) is 93.8 Å². The number of H-pyrrole nitrogens is 1. The minimum absolute atomic E-state index is 0.0122. The van der Waals surface area contributed by atoms with Crippen LogP contribution in [0, 0.1) is 17.0 Å². The molecule has 0 radical (unpaired) electrons. The van der Waals surface area contributed by atoms with Gasteiger partial charge in [0.1, 0.15) is 17.7 Å². The molecule has 6 N–H and O–H groups in total. The second kappa shape index (κ2) is 12.3. The second-order valence-corrected chi connectivity index (χ2v) is 7.85. The minimum atomic E-state index is -1.04. The molecule has 0 fully saturated rings. The average molecular weight is 542 g/mol. The maximum absolute atomic E-state index is 15.2. The third kappa shape index (κ3) is 6.74. The van der Waals surface area contributed by atoms with E-state index in [1.807, 2.05) is 0 Å². The molecule has 0 bridgehead atoms. The highest BCUT2D eigenvalue weighted by molar-refractivity contribution is 5.95. The zero-order valence-corrected chi connectivity index (χ0v) is 21.0. The summed E-state index contributed by atoms with van der Waals surface area (Å²) in [7, 11) is 2.78. The Bertz CT molecular complexity index is 1530. The summed E-state index contributed by atoms with van der Waals surface area (Å²) in [6, 6.07) is 10.5. The first-order valence-corrected chi connectivity index (χ1v) is 11.2. The summed E-state index contributed by atoms with van der Waals surface area (Å²) in [5, 5.41) is 22.3. The van der Waals surface area contributed by atoms with Crippen LogP contribution >= 0.6 is 0 Å². The fraction of sp³-hybridized carbons (Fsp3) is 0.160. The summed E-state index contributed by atoms with van der Waals surface area (Å²) in [6.45, 7) is 1.08. The highest BCUT2D eigenvalue weighted by Crippen LogP contribution is 2.35. The number of carbonyl (C=O) groups is 1. The van der Waals surface area contributed by atoms with Crippen LogP contribution in [0.3, 0.4) is 0 Å². The van der Waals surface area contributed by atoms with Gasteiger partial charge in [-0.15, -0.1) is 5.10 Å². The number of hydrogen-bond donors (Lipinski definition) is 5. The van der Waals surface area contributed by atoms with Crippen LogP contribution in [-0.2, 0) is 4.79 Å². The molecule has 0 amide bonds. The van der Waals surface area contributed by atoms with Crippen LogP contribution in [0.15, 0.2) is 59.5 Å². The number of anilines is 1. The number of carboxylic acids is 1. The summed E-state index contributed by atoms with van der Waals surface area (Å²) >= 11 is 0. The number of pyridine rings is 1. The highest BCUT2D eigenvalue weighted by Gasteiger charge is 2.26. The van der Waals surface area contributed by atoms with E-state index in [0.29, 0.717) is 11.3 Å². The van der Waals surface area contributed by atoms with E-state index in [1.165, 1.54) is 32.5 Å². The van der Waals surface area contributed by atoms with Crippen LogP contribution < -0.4 is 26.2 Å². The lowest BCUT2D eigenvalue weighted by Gasteiger charge is -2.20. The molecule has 0 saturated carbocycles. The first-order chi connectivity index (χ1) is 18.5. The zero-order valence-electron chi connectivity index (χ0n) is 21.0. The van der Waals surface area contributed by atoms with E-state index in [0.717, 1.165) is 23.7 Å². The summed E-state index contributed by atoms with van der Waals surface area (Å²) in [5.41, 5.74) is 5.82. The number of methoxy groups -OCH3 is 2. The third-order valence-electron chi connectivity index (χ3n) is 5.17. The van der Waals surface area contributed by atoms with Crippen molar-refractivity contribution < 1.29 is 28.2 Å². The highest BCUT2D eigenvalue weighted by atomic mass is 19.1. The molecule has 0 aliphatic rings. The molecule has 0 spiro atoms. The van der Waals surface area contributed by atoms with E-state index < -0.39 is 29.3 Å². The van der Waals surface area contributed by atoms with Crippen molar-refractivity contribution in [3.8, 4) is 17.3 Å². The molecule has 204 valence electrons. The van der Waals surface area contributed by atoms with Gasteiger partial charge in [0.25, 0.3) is 5.97 Å². The van der Waals surface area contributed by atoms with E-state index in [4.69, 9.17) is 30.5 Å². The Balaban J connectivity index is 0.000000983. The molecule has 2 aromatic carbocycles. The predicted octanol–water partition coefficient (Wildman–Crippen LogP) is 2.83. The van der Waals surface area contributed by atoms with Gasteiger partial charge in [-0.1, -0.05) is 0 Å². The number of nitrogens with zero attached hydrogens (tertiary/aromatic N) is 3. The maximum Gasteiger partial charge on any atom is 0.349 e. The molecule has 2 aromatic heterocycles. The number of benzene rings is 2. The van der Waals surface area contributed by atoms with Crippen LogP contribution in [0.1, 0.15) is 29.9 Å². The molecular weight excluding hydrogens is 516 g/mol. The summed E-state index contributed by atoms with van der Waals surface area (Å²) < 4.78 is 40.7. The molecular formula is C25H25F2N7O5. The number of nitrogens with one attached hydrogen (secondary N) is 3. The van der Waals surface area contributed by atoms with Gasteiger partial charge >= 0.3 is 5.69 Å². The van der Waals surface area contributed by atoms with E-state index in [-0.39, 0.29) is 34.5 Å². The number of carboxylic acid groups (broad SMARTS) is 1. The smallest absolute Gasteiger partial charge is 0.349 e. The zero-order chi connectivity index (χ0) is 28.7. The molecule has 14 heteroatoms. The van der Waals surface area contributed by atoms with Gasteiger partial charge < -0.3 is 25.6 Å². The third-order valence-corrected chi connectivity index (χ3v) is 5.17. The Hall–Kier alpha value is -5.27. The summed E-state index contributed by atoms with van der Waals surface area (Å²) in [6.07, 6.45) is 1.32. The number of nitrogen functional groups attached to an aromatic ring is 1. The van der Waals surface area contributed by atoms with Crippen LogP contribution in [0.2, 0.25) is 0 Å². The molecule has 2 heterocycles. The number of aromatic amines is 1. The van der Waals surface area contributed by atoms with Gasteiger partial charge in [0.15, 0.2) is 29.0 Å². The SMILES string of the molecule is CC(=O)O.COc1cc(F)c(C(Nc2ccc(C(=N)N)cc2)c2nn(-c3ncccc3F)c(=O)[nH]2)cc1OC. The van der Waals surface area contributed by atoms with Crippen LogP contribution in [0.4, 0.5) is 14.5 Å². The van der Waals surface area contributed by atoms with Gasteiger partial charge in [-0.05, 0) is 42.5 Å². The van der Waals surface area contributed by atoms with E-state index in [2.05, 4.69) is 20.4 Å². The van der Waals surface area contributed by atoms with Gasteiger partial charge in [0.05, 0.1) is 14.2 Å². The van der Waals surface area contributed by atoms with Gasteiger partial charge in [-0.25, -0.2) is 18.6 Å². The largest absolute Gasteiger partial charge is 0.493 e. The number of nitrogens with two attached hydrogens (primary N) is 1. The molecule has 4 aromatic rings. The minimum Gasteiger partial charge on any atom is -0.493 e. The number of aromatic nitrogens is 4. The molecule has 0 aliphatic carbocycles. The van der Waals surface area contributed by atoms with Crippen LogP contribution in [0.5, 0.6) is 11.5 Å². The Morgan fingerprint density at radius 3 is 2.31 bits per heavy atom. The van der Waals surface area contributed by atoms with Gasteiger partial charge in [-0.2, -0.15) is 4.68 Å². The van der Waals surface area contributed by atoms with Crippen molar-refractivity contribution in [1.29, 1.82) is 5.41 Å². The number of ether oxygens (including phenoxy) is 2. The summed E-state index contributed by atoms with van der Waals surface area (Å²) in [5.74, 6) is -2.26. The molecule has 12 nitrogen and oxygen atoms in total. The normalized spacial score (nSPS) is 11.1. The lowest BCUT2D eigenvalue weighted by atomic mass is 10.0. The Labute approximate surface area is 220 Å². The Morgan fingerprint density at radius 2 is 1.74 bits per heavy atom. The fourth-order valence-electron chi connectivity index (χ4n) is 3.44. The molecule has 4 rings (SSSR count). The standard InChI is InChI=1S/C23H21F2N7O3.C2H4O2/c1-34-17-10-14(16(25)11-18(17)35-2)19(29-13-7-5-12(6-8-13)20(26)27)21-30-23(33)32(31-21)22-15(24)4-3-9-28-22;1-2(3)4/h3-11,19,29H,1-2H3,(H3,26,27)(H,30,31,33);1H3,(H,3,4).